The highest BCUT2D eigenvalue weighted by Gasteiger charge is 2.15. The van der Waals surface area contributed by atoms with Gasteiger partial charge in [0.15, 0.2) is 0 Å². The van der Waals surface area contributed by atoms with Crippen LogP contribution in [0.3, 0.4) is 0 Å². The number of halogens is 1. The minimum atomic E-state index is -3.58. The highest BCUT2D eigenvalue weighted by Crippen LogP contribution is 2.22. The predicted molar refractivity (Wildman–Crippen MR) is 90.4 cm³/mol. The molecular weight excluding hydrogens is 348 g/mol. The molecule has 0 aliphatic heterocycles. The smallest absolute Gasteiger partial charge is 0.240 e. The molecule has 0 saturated heterocycles. The monoisotopic (exact) mass is 360 g/mol. The number of thiophene rings is 1. The van der Waals surface area contributed by atoms with Crippen LogP contribution in [-0.2, 0) is 16.6 Å². The minimum absolute atomic E-state index is 0.183. The van der Waals surface area contributed by atoms with Crippen LogP contribution in [-0.4, -0.2) is 13.4 Å². The van der Waals surface area contributed by atoms with Gasteiger partial charge in [0.2, 0.25) is 10.0 Å². The zero-order chi connectivity index (χ0) is 15.6. The quantitative estimate of drug-likeness (QED) is 0.804. The van der Waals surface area contributed by atoms with Crippen LogP contribution >= 0.6 is 35.2 Å². The van der Waals surface area contributed by atoms with Crippen molar-refractivity contribution in [1.82, 2.24) is 4.72 Å². The van der Waals surface area contributed by atoms with Crippen molar-refractivity contribution in [3.63, 3.8) is 0 Å². The first-order valence-electron chi connectivity index (χ1n) is 5.94. The van der Waals surface area contributed by atoms with Crippen molar-refractivity contribution in [2.75, 3.05) is 0 Å². The Kier molecular flexibility index (Phi) is 5.00. The number of benzene rings is 1. The zero-order valence-electron chi connectivity index (χ0n) is 11.1. The molecule has 0 aliphatic carbocycles. The molecule has 0 amide bonds. The Labute approximate surface area is 138 Å². The highest BCUT2D eigenvalue weighted by atomic mass is 35.5. The molecule has 21 heavy (non-hydrogen) atoms. The molecule has 2 rings (SSSR count). The number of hydrogen-bond donors (Lipinski definition) is 2. The molecule has 3 N–H and O–H groups in total. The van der Waals surface area contributed by atoms with Crippen LogP contribution < -0.4 is 10.5 Å². The van der Waals surface area contributed by atoms with Crippen LogP contribution in [0.2, 0.25) is 4.34 Å². The first-order valence-corrected chi connectivity index (χ1v) is 9.02. The van der Waals surface area contributed by atoms with E-state index in [1.165, 1.54) is 17.4 Å². The van der Waals surface area contributed by atoms with Gasteiger partial charge in [-0.25, -0.2) is 13.1 Å². The van der Waals surface area contributed by atoms with E-state index in [2.05, 4.69) is 4.72 Å². The second-order valence-electron chi connectivity index (χ2n) is 4.37. The summed E-state index contributed by atoms with van der Waals surface area (Å²) >= 11 is 12.1. The highest BCUT2D eigenvalue weighted by molar-refractivity contribution is 7.89. The number of sulfonamides is 1. The van der Waals surface area contributed by atoms with Crippen molar-refractivity contribution in [3.8, 4) is 0 Å². The predicted octanol–water partition coefficient (Wildman–Crippen LogP) is 2.82. The summed E-state index contributed by atoms with van der Waals surface area (Å²) in [7, 11) is -3.58. The standard InChI is InChI=1S/C13H13ClN2O2S3/c1-8-6-10(3-4-11(8)13(15)19)21(17,18)16-7-9-2-5-12(14)20-9/h2-6,16H,7H2,1H3,(H2,15,19). The van der Waals surface area contributed by atoms with Gasteiger partial charge in [0.1, 0.15) is 4.99 Å². The second-order valence-corrected chi connectivity index (χ2v) is 8.38. The van der Waals surface area contributed by atoms with Crippen molar-refractivity contribution in [1.29, 1.82) is 0 Å². The first-order chi connectivity index (χ1) is 9.79. The van der Waals surface area contributed by atoms with Gasteiger partial charge in [-0.05, 0) is 36.8 Å². The number of nitrogens with two attached hydrogens (primary N) is 1. The van der Waals surface area contributed by atoms with E-state index in [0.29, 0.717) is 9.90 Å². The largest absolute Gasteiger partial charge is 0.389 e. The molecule has 0 saturated carbocycles. The summed E-state index contributed by atoms with van der Waals surface area (Å²) in [5.41, 5.74) is 6.97. The number of hydrogen-bond acceptors (Lipinski definition) is 4. The molecule has 0 radical (unpaired) electrons. The molecule has 0 fully saturated rings. The second kappa shape index (κ2) is 6.41. The van der Waals surface area contributed by atoms with Gasteiger partial charge >= 0.3 is 0 Å². The summed E-state index contributed by atoms with van der Waals surface area (Å²) in [6.45, 7) is 1.97. The Morgan fingerprint density at radius 1 is 1.38 bits per heavy atom. The van der Waals surface area contributed by atoms with Gasteiger partial charge in [0.05, 0.1) is 9.23 Å². The molecule has 0 spiro atoms. The number of nitrogens with one attached hydrogen (secondary N) is 1. The Hall–Kier alpha value is -0.990. The molecule has 0 aliphatic rings. The van der Waals surface area contributed by atoms with Gasteiger partial charge in [0, 0.05) is 17.0 Å². The number of thiocarbonyl (C=S) groups is 1. The normalized spacial score (nSPS) is 11.5. The summed E-state index contributed by atoms with van der Waals surface area (Å²) in [5, 5.41) is 0. The number of rotatable bonds is 5. The molecule has 4 nitrogen and oxygen atoms in total. The summed E-state index contributed by atoms with van der Waals surface area (Å²) in [6, 6.07) is 8.19. The van der Waals surface area contributed by atoms with Gasteiger partial charge in [-0.15, -0.1) is 11.3 Å². The van der Waals surface area contributed by atoms with Gasteiger partial charge in [0.25, 0.3) is 0 Å². The van der Waals surface area contributed by atoms with E-state index in [1.54, 1.807) is 31.2 Å². The summed E-state index contributed by atoms with van der Waals surface area (Å²) in [4.78, 5) is 1.28. The summed E-state index contributed by atoms with van der Waals surface area (Å²) in [5.74, 6) is 0. The van der Waals surface area contributed by atoms with E-state index in [9.17, 15) is 8.42 Å². The third kappa shape index (κ3) is 4.02. The van der Waals surface area contributed by atoms with Gasteiger partial charge in [-0.2, -0.15) is 0 Å². The maximum Gasteiger partial charge on any atom is 0.240 e. The van der Waals surface area contributed by atoms with Crippen molar-refractivity contribution in [2.45, 2.75) is 18.4 Å². The molecule has 2 aromatic rings. The van der Waals surface area contributed by atoms with E-state index in [4.69, 9.17) is 29.6 Å². The first kappa shape index (κ1) is 16.4. The van der Waals surface area contributed by atoms with E-state index >= 15 is 0 Å². The molecule has 8 heteroatoms. The fraction of sp³-hybridized carbons (Fsp3) is 0.154. The summed E-state index contributed by atoms with van der Waals surface area (Å²) < 4.78 is 27.7. The average Bonchev–Trinajstić information content (AvgIpc) is 2.82. The molecule has 112 valence electrons. The van der Waals surface area contributed by atoms with Crippen LogP contribution in [0.25, 0.3) is 0 Å². The van der Waals surface area contributed by atoms with Crippen molar-refractivity contribution < 1.29 is 8.42 Å². The Morgan fingerprint density at radius 2 is 2.10 bits per heavy atom. The molecule has 0 bridgehead atoms. The third-order valence-electron chi connectivity index (χ3n) is 2.84. The van der Waals surface area contributed by atoms with Gasteiger partial charge < -0.3 is 5.73 Å². The molecule has 0 atom stereocenters. The molecule has 1 heterocycles. The van der Waals surface area contributed by atoms with E-state index in [1.807, 2.05) is 0 Å². The van der Waals surface area contributed by atoms with Crippen molar-refractivity contribution in [2.24, 2.45) is 5.73 Å². The van der Waals surface area contributed by atoms with E-state index in [0.717, 1.165) is 10.4 Å². The van der Waals surface area contributed by atoms with Crippen LogP contribution in [0, 0.1) is 6.92 Å². The molecule has 1 aromatic carbocycles. The molecule has 0 unspecified atom stereocenters. The summed E-state index contributed by atoms with van der Waals surface area (Å²) in [6.07, 6.45) is 0. The maximum atomic E-state index is 12.2. The Morgan fingerprint density at radius 3 is 2.62 bits per heavy atom. The number of aryl methyl sites for hydroxylation is 1. The topological polar surface area (TPSA) is 72.2 Å². The third-order valence-corrected chi connectivity index (χ3v) is 5.69. The zero-order valence-corrected chi connectivity index (χ0v) is 14.3. The lowest BCUT2D eigenvalue weighted by atomic mass is 10.1. The van der Waals surface area contributed by atoms with Crippen LogP contribution in [0.4, 0.5) is 0 Å². The Balaban J connectivity index is 2.19. The fourth-order valence-electron chi connectivity index (χ4n) is 1.78. The molecule has 1 aromatic heterocycles. The lowest BCUT2D eigenvalue weighted by Crippen LogP contribution is -2.23. The van der Waals surface area contributed by atoms with E-state index in [-0.39, 0.29) is 16.4 Å². The fourth-order valence-corrected chi connectivity index (χ4v) is 4.21. The average molecular weight is 361 g/mol. The van der Waals surface area contributed by atoms with Crippen LogP contribution in [0.1, 0.15) is 16.0 Å². The van der Waals surface area contributed by atoms with Crippen LogP contribution in [0.5, 0.6) is 0 Å². The van der Waals surface area contributed by atoms with Crippen molar-refractivity contribution in [3.05, 3.63) is 50.7 Å². The van der Waals surface area contributed by atoms with E-state index < -0.39 is 10.0 Å². The lowest BCUT2D eigenvalue weighted by Gasteiger charge is -2.09. The van der Waals surface area contributed by atoms with Crippen molar-refractivity contribution >= 4 is 50.2 Å². The maximum absolute atomic E-state index is 12.2. The van der Waals surface area contributed by atoms with Crippen LogP contribution in [0.15, 0.2) is 35.2 Å². The molecular formula is C13H13ClN2O2S3. The lowest BCUT2D eigenvalue weighted by molar-refractivity contribution is 0.581. The SMILES string of the molecule is Cc1cc(S(=O)(=O)NCc2ccc(Cl)s2)ccc1C(N)=S. The minimum Gasteiger partial charge on any atom is -0.389 e. The Bertz CT molecular complexity index is 784. The van der Waals surface area contributed by atoms with Gasteiger partial charge in [-0.1, -0.05) is 29.9 Å². The van der Waals surface area contributed by atoms with Gasteiger partial charge in [-0.3, -0.25) is 0 Å².